The van der Waals surface area contributed by atoms with E-state index in [1.165, 1.54) is 30.0 Å². The third kappa shape index (κ3) is 2.38. The molecule has 2 heterocycles. The molecule has 1 aromatic rings. The molecule has 0 saturated carbocycles. The summed E-state index contributed by atoms with van der Waals surface area (Å²) in [5.74, 6) is 2.53. The lowest BCUT2D eigenvalue weighted by Crippen LogP contribution is -2.23. The summed E-state index contributed by atoms with van der Waals surface area (Å²) in [4.78, 5) is 3.21. The van der Waals surface area contributed by atoms with Gasteiger partial charge in [-0.05, 0) is 36.6 Å². The number of H-pyrrole nitrogens is 1. The zero-order valence-corrected chi connectivity index (χ0v) is 11.9. The van der Waals surface area contributed by atoms with Gasteiger partial charge in [0.2, 0.25) is 0 Å². The van der Waals surface area contributed by atoms with E-state index in [-0.39, 0.29) is 5.41 Å². The highest BCUT2D eigenvalue weighted by Gasteiger charge is 2.24. The third-order valence-electron chi connectivity index (χ3n) is 3.14. The summed E-state index contributed by atoms with van der Waals surface area (Å²) < 4.78 is 3.25. The van der Waals surface area contributed by atoms with Gasteiger partial charge in [0.05, 0.1) is 0 Å². The number of imidazole rings is 1. The highest BCUT2D eigenvalue weighted by Crippen LogP contribution is 2.32. The number of nitrogens with one attached hydrogen (secondary N) is 1. The van der Waals surface area contributed by atoms with E-state index in [4.69, 9.17) is 12.2 Å². The minimum Gasteiger partial charge on any atom is -0.337 e. The third-order valence-corrected chi connectivity index (χ3v) is 4.50. The molecule has 1 fully saturated rings. The molecule has 0 bridgehead atoms. The van der Waals surface area contributed by atoms with Crippen molar-refractivity contribution in [2.45, 2.75) is 45.1 Å². The van der Waals surface area contributed by atoms with Crippen LogP contribution in [0.5, 0.6) is 0 Å². The molecule has 0 unspecified atom stereocenters. The predicted octanol–water partition coefficient (Wildman–Crippen LogP) is 3.91. The molecule has 2 nitrogen and oxygen atoms in total. The zero-order valence-electron chi connectivity index (χ0n) is 10.2. The first-order valence-electron chi connectivity index (χ1n) is 5.88. The Labute approximate surface area is 107 Å². The average molecular weight is 256 g/mol. The van der Waals surface area contributed by atoms with E-state index in [2.05, 4.69) is 48.3 Å². The summed E-state index contributed by atoms with van der Waals surface area (Å²) in [6.45, 7) is 6.75. The Hall–Kier alpha value is -0.220. The Balaban J connectivity index is 2.38. The van der Waals surface area contributed by atoms with Gasteiger partial charge in [0.25, 0.3) is 0 Å². The molecule has 0 amide bonds. The van der Waals surface area contributed by atoms with Crippen molar-refractivity contribution >= 4 is 24.0 Å². The van der Waals surface area contributed by atoms with Crippen LogP contribution < -0.4 is 0 Å². The van der Waals surface area contributed by atoms with Crippen LogP contribution in [0.3, 0.4) is 0 Å². The van der Waals surface area contributed by atoms with Gasteiger partial charge >= 0.3 is 0 Å². The topological polar surface area (TPSA) is 20.7 Å². The van der Waals surface area contributed by atoms with Crippen molar-refractivity contribution in [2.75, 3.05) is 11.5 Å². The molecule has 90 valence electrons. The normalized spacial score (nSPS) is 18.9. The highest BCUT2D eigenvalue weighted by atomic mass is 32.2. The van der Waals surface area contributed by atoms with Gasteiger partial charge in [0, 0.05) is 23.3 Å². The second-order valence-electron chi connectivity index (χ2n) is 5.44. The molecule has 0 spiro atoms. The van der Waals surface area contributed by atoms with Gasteiger partial charge < -0.3 is 9.55 Å². The lowest BCUT2D eigenvalue weighted by atomic mass is 9.92. The van der Waals surface area contributed by atoms with Gasteiger partial charge in [-0.25, -0.2) is 0 Å². The molecule has 0 aliphatic carbocycles. The predicted molar refractivity (Wildman–Crippen MR) is 73.9 cm³/mol. The molecule has 1 saturated heterocycles. The first kappa shape index (κ1) is 12.2. The smallest absolute Gasteiger partial charge is 0.177 e. The summed E-state index contributed by atoms with van der Waals surface area (Å²) in [6.07, 6.45) is 4.59. The monoisotopic (exact) mass is 256 g/mol. The molecule has 2 rings (SSSR count). The summed E-state index contributed by atoms with van der Waals surface area (Å²) in [6, 6.07) is 0.606. The van der Waals surface area contributed by atoms with Crippen LogP contribution in [0.2, 0.25) is 0 Å². The highest BCUT2D eigenvalue weighted by molar-refractivity contribution is 7.99. The van der Waals surface area contributed by atoms with E-state index in [0.717, 1.165) is 4.77 Å². The Morgan fingerprint density at radius 3 is 2.56 bits per heavy atom. The van der Waals surface area contributed by atoms with Crippen molar-refractivity contribution < 1.29 is 0 Å². The molecule has 16 heavy (non-hydrogen) atoms. The van der Waals surface area contributed by atoms with E-state index in [0.29, 0.717) is 6.04 Å². The van der Waals surface area contributed by atoms with Gasteiger partial charge in [-0.3, -0.25) is 0 Å². The van der Waals surface area contributed by atoms with Crippen LogP contribution in [0.1, 0.15) is 45.3 Å². The molecule has 1 aromatic heterocycles. The van der Waals surface area contributed by atoms with Crippen LogP contribution in [0, 0.1) is 4.77 Å². The molecular formula is C12H20N2S2. The molecule has 0 aromatic carbocycles. The maximum atomic E-state index is 5.42. The Morgan fingerprint density at radius 2 is 2.00 bits per heavy atom. The van der Waals surface area contributed by atoms with Crippen molar-refractivity contribution in [2.24, 2.45) is 0 Å². The molecule has 1 aliphatic rings. The second-order valence-corrected chi connectivity index (χ2v) is 7.05. The Morgan fingerprint density at radius 1 is 1.38 bits per heavy atom. The van der Waals surface area contributed by atoms with E-state index in [1.807, 2.05) is 0 Å². The maximum Gasteiger partial charge on any atom is 0.177 e. The van der Waals surface area contributed by atoms with Crippen molar-refractivity contribution in [3.05, 3.63) is 16.7 Å². The summed E-state index contributed by atoms with van der Waals surface area (Å²) in [7, 11) is 0. The Kier molecular flexibility index (Phi) is 3.50. The summed E-state index contributed by atoms with van der Waals surface area (Å²) in [5, 5.41) is 0. The lowest BCUT2D eigenvalue weighted by Gasteiger charge is -2.29. The van der Waals surface area contributed by atoms with Gasteiger partial charge in [0.15, 0.2) is 4.77 Å². The second kappa shape index (κ2) is 4.57. The van der Waals surface area contributed by atoms with E-state index >= 15 is 0 Å². The lowest BCUT2D eigenvalue weighted by molar-refractivity contribution is 0.416. The summed E-state index contributed by atoms with van der Waals surface area (Å²) >= 11 is 7.48. The van der Waals surface area contributed by atoms with Crippen LogP contribution >= 0.6 is 24.0 Å². The molecule has 0 radical (unpaired) electrons. The van der Waals surface area contributed by atoms with Gasteiger partial charge in [-0.1, -0.05) is 20.8 Å². The quantitative estimate of drug-likeness (QED) is 0.769. The van der Waals surface area contributed by atoms with Crippen molar-refractivity contribution in [3.63, 3.8) is 0 Å². The van der Waals surface area contributed by atoms with Crippen molar-refractivity contribution in [1.82, 2.24) is 9.55 Å². The average Bonchev–Trinajstić information content (AvgIpc) is 2.61. The number of hydrogen-bond donors (Lipinski definition) is 1. The van der Waals surface area contributed by atoms with Crippen molar-refractivity contribution in [3.8, 4) is 0 Å². The van der Waals surface area contributed by atoms with Crippen LogP contribution in [-0.2, 0) is 5.41 Å². The van der Waals surface area contributed by atoms with Gasteiger partial charge in [0.1, 0.15) is 0 Å². The number of thioether (sulfide) groups is 1. The van der Waals surface area contributed by atoms with E-state index in [9.17, 15) is 0 Å². The van der Waals surface area contributed by atoms with E-state index in [1.54, 1.807) is 0 Å². The largest absolute Gasteiger partial charge is 0.337 e. The zero-order chi connectivity index (χ0) is 11.8. The van der Waals surface area contributed by atoms with Crippen LogP contribution in [-0.4, -0.2) is 21.1 Å². The van der Waals surface area contributed by atoms with Gasteiger partial charge in [-0.15, -0.1) is 0 Å². The Bertz CT molecular complexity index is 405. The fourth-order valence-corrected chi connectivity index (χ4v) is 3.65. The summed E-state index contributed by atoms with van der Waals surface area (Å²) in [5.41, 5.74) is 1.51. The molecule has 1 N–H and O–H groups in total. The fourth-order valence-electron chi connectivity index (χ4n) is 2.26. The minimum absolute atomic E-state index is 0.165. The maximum absolute atomic E-state index is 5.42. The number of hydrogen-bond acceptors (Lipinski definition) is 2. The first-order valence-corrected chi connectivity index (χ1v) is 7.44. The number of aromatic amines is 1. The van der Waals surface area contributed by atoms with E-state index < -0.39 is 0 Å². The van der Waals surface area contributed by atoms with Crippen LogP contribution in [0.4, 0.5) is 0 Å². The minimum atomic E-state index is 0.165. The molecule has 1 aliphatic heterocycles. The molecule has 4 heteroatoms. The molecular weight excluding hydrogens is 236 g/mol. The first-order chi connectivity index (χ1) is 7.50. The van der Waals surface area contributed by atoms with Crippen LogP contribution in [0.15, 0.2) is 6.20 Å². The SMILES string of the molecule is CC(C)(C)c1c[nH]c(=S)n1C1CCSCC1. The van der Waals surface area contributed by atoms with Gasteiger partial charge in [-0.2, -0.15) is 11.8 Å². The van der Waals surface area contributed by atoms with Crippen LogP contribution in [0.25, 0.3) is 0 Å². The molecule has 0 atom stereocenters. The van der Waals surface area contributed by atoms with Crippen molar-refractivity contribution in [1.29, 1.82) is 0 Å². The number of rotatable bonds is 1. The standard InChI is InChI=1S/C12H20N2S2/c1-12(2,3)10-8-13-11(15)14(10)9-4-6-16-7-5-9/h8-9H,4-7H2,1-3H3,(H,13,15). The fraction of sp³-hybridized carbons (Fsp3) is 0.750. The number of nitrogens with zero attached hydrogens (tertiary/aromatic N) is 1. The number of aromatic nitrogens is 2.